The van der Waals surface area contributed by atoms with Gasteiger partial charge in [-0.25, -0.2) is 0 Å². The summed E-state index contributed by atoms with van der Waals surface area (Å²) in [5.41, 5.74) is 0. The molecule has 0 aromatic rings. The van der Waals surface area contributed by atoms with Crippen LogP contribution in [0.15, 0.2) is 0 Å². The Balaban J connectivity index is -0.0000000619. The van der Waals surface area contributed by atoms with Crippen LogP contribution in [0.5, 0.6) is 0 Å². The Hall–Kier alpha value is 0.389. The van der Waals surface area contributed by atoms with Gasteiger partial charge in [0.15, 0.2) is 0 Å². The normalized spacial score (nSPS) is 8.44. The van der Waals surface area contributed by atoms with Gasteiger partial charge < -0.3 is 14.4 Å². The first kappa shape index (κ1) is 41.7. The Morgan fingerprint density at radius 1 is 0.407 bits per heavy atom. The molecule has 0 spiro atoms. The molecule has 0 amide bonds. The van der Waals surface area contributed by atoms with Crippen LogP contribution in [0.25, 0.3) is 0 Å². The van der Waals surface area contributed by atoms with E-state index in [9.17, 15) is 0 Å². The van der Waals surface area contributed by atoms with Crippen molar-refractivity contribution in [2.45, 2.75) is 80.1 Å². The van der Waals surface area contributed by atoms with Gasteiger partial charge in [-0.15, -0.1) is 15.8 Å². The quantitative estimate of drug-likeness (QED) is 0.234. The third-order valence-electron chi connectivity index (χ3n) is 3.24. The molecule has 0 heterocycles. The average molecular weight is 466 g/mol. The fourth-order valence-corrected chi connectivity index (χ4v) is 7.70. The van der Waals surface area contributed by atoms with E-state index in [1.807, 2.05) is 20.4 Å². The molecule has 0 saturated heterocycles. The van der Waals surface area contributed by atoms with Crippen LogP contribution in [0.4, 0.5) is 0 Å². The second kappa shape index (κ2) is 50.3. The monoisotopic (exact) mass is 466 g/mol. The molecule has 168 valence electrons. The predicted octanol–water partition coefficient (Wildman–Crippen LogP) is 6.84. The molecular weight excluding hydrogens is 418 g/mol. The van der Waals surface area contributed by atoms with Crippen molar-refractivity contribution in [1.29, 1.82) is 0 Å². The van der Waals surface area contributed by atoms with E-state index < -0.39 is 0 Å². The summed E-state index contributed by atoms with van der Waals surface area (Å²) in [5, 5.41) is 0. The van der Waals surface area contributed by atoms with Crippen molar-refractivity contribution in [3.63, 3.8) is 0 Å². The number of carbonyl (C=O) groups excluding carboxylic acids is 3. The van der Waals surface area contributed by atoms with Gasteiger partial charge in [0.2, 0.25) is 0 Å². The molecular formula is C21H48FeO3P2. The van der Waals surface area contributed by atoms with Gasteiger partial charge in [0.1, 0.15) is 20.4 Å². The van der Waals surface area contributed by atoms with Crippen LogP contribution in [0, 0.1) is 0 Å². The standard InChI is InChI=1S/2C9H21P.3CH2O.Fe/c2*1-4-7-10(8-5-2)9-6-3;3*1-2;/h2*4-9H2,1-3H3;3*1H2;. The number of carbonyl (C=O) groups is 3. The molecule has 0 aliphatic heterocycles. The summed E-state index contributed by atoms with van der Waals surface area (Å²) in [6, 6.07) is 0. The minimum atomic E-state index is 0. The molecule has 3 nitrogen and oxygen atoms in total. The summed E-state index contributed by atoms with van der Waals surface area (Å²) >= 11 is 0. The van der Waals surface area contributed by atoms with Crippen LogP contribution in [0.1, 0.15) is 80.1 Å². The predicted molar refractivity (Wildman–Crippen MR) is 126 cm³/mol. The van der Waals surface area contributed by atoms with E-state index >= 15 is 0 Å². The van der Waals surface area contributed by atoms with Gasteiger partial charge in [-0.1, -0.05) is 80.1 Å². The third-order valence-corrected chi connectivity index (χ3v) is 9.72. The maximum absolute atomic E-state index is 8.00. The Morgan fingerprint density at radius 2 is 0.519 bits per heavy atom. The van der Waals surface area contributed by atoms with Crippen molar-refractivity contribution in [1.82, 2.24) is 0 Å². The van der Waals surface area contributed by atoms with Crippen LogP contribution >= 0.6 is 15.8 Å². The molecule has 0 aromatic carbocycles. The van der Waals surface area contributed by atoms with E-state index in [1.165, 1.54) is 75.5 Å². The van der Waals surface area contributed by atoms with Crippen LogP contribution < -0.4 is 0 Å². The van der Waals surface area contributed by atoms with E-state index in [0.29, 0.717) is 15.8 Å². The Bertz CT molecular complexity index is 163. The zero-order valence-corrected chi connectivity index (χ0v) is 22.0. The second-order valence-corrected chi connectivity index (χ2v) is 11.0. The summed E-state index contributed by atoms with van der Waals surface area (Å²) < 4.78 is 0. The summed E-state index contributed by atoms with van der Waals surface area (Å²) in [5.74, 6) is 0. The molecule has 0 N–H and O–H groups in total. The van der Waals surface area contributed by atoms with Crippen molar-refractivity contribution in [2.75, 3.05) is 37.0 Å². The Labute approximate surface area is 184 Å². The first-order valence-electron chi connectivity index (χ1n) is 10.0. The first-order valence-corrected chi connectivity index (χ1v) is 13.8. The topological polar surface area (TPSA) is 51.2 Å². The molecule has 0 saturated carbocycles. The molecule has 0 aliphatic rings. The van der Waals surface area contributed by atoms with Crippen LogP contribution in [0.3, 0.4) is 0 Å². The average Bonchev–Trinajstić information content (AvgIpc) is 2.68. The van der Waals surface area contributed by atoms with E-state index in [-0.39, 0.29) is 17.1 Å². The van der Waals surface area contributed by atoms with Crippen molar-refractivity contribution in [3.8, 4) is 0 Å². The van der Waals surface area contributed by atoms with Gasteiger partial charge in [-0.05, 0) is 37.0 Å². The van der Waals surface area contributed by atoms with E-state index in [0.717, 1.165) is 0 Å². The summed E-state index contributed by atoms with van der Waals surface area (Å²) in [4.78, 5) is 24.0. The molecule has 6 heteroatoms. The largest absolute Gasteiger partial charge is 0.307 e. The van der Waals surface area contributed by atoms with Crippen LogP contribution in [-0.4, -0.2) is 57.3 Å². The van der Waals surface area contributed by atoms with Crippen LogP contribution in [0.2, 0.25) is 0 Å². The minimum Gasteiger partial charge on any atom is -0.307 e. The first-order chi connectivity index (χ1) is 12.7. The van der Waals surface area contributed by atoms with Crippen molar-refractivity contribution < 1.29 is 31.5 Å². The molecule has 0 aromatic heterocycles. The van der Waals surface area contributed by atoms with Gasteiger partial charge in [-0.3, -0.25) is 0 Å². The van der Waals surface area contributed by atoms with Gasteiger partial charge >= 0.3 is 0 Å². The van der Waals surface area contributed by atoms with Crippen molar-refractivity contribution in [3.05, 3.63) is 0 Å². The van der Waals surface area contributed by atoms with Gasteiger partial charge in [-0.2, -0.15) is 0 Å². The molecule has 0 fully saturated rings. The van der Waals surface area contributed by atoms with Crippen LogP contribution in [-0.2, 0) is 31.5 Å². The smallest absolute Gasteiger partial charge is 0.106 e. The molecule has 0 atom stereocenters. The maximum atomic E-state index is 8.00. The fraction of sp³-hybridized carbons (Fsp3) is 0.857. The molecule has 27 heavy (non-hydrogen) atoms. The minimum absolute atomic E-state index is 0. The maximum Gasteiger partial charge on any atom is 0.106 e. The fourth-order valence-electron chi connectivity index (χ4n) is 2.57. The zero-order valence-electron chi connectivity index (χ0n) is 19.1. The summed E-state index contributed by atoms with van der Waals surface area (Å²) in [6.45, 7) is 19.8. The third kappa shape index (κ3) is 46.4. The van der Waals surface area contributed by atoms with Crippen molar-refractivity contribution in [2.24, 2.45) is 0 Å². The van der Waals surface area contributed by atoms with Gasteiger partial charge in [0, 0.05) is 17.1 Å². The Morgan fingerprint density at radius 3 is 0.593 bits per heavy atom. The number of hydrogen-bond donors (Lipinski definition) is 0. The SMILES string of the molecule is C=O.C=O.C=O.CCCP(CCC)CCC.CCCP(CCC)CCC.[Fe]. The molecule has 0 aliphatic carbocycles. The van der Waals surface area contributed by atoms with Gasteiger partial charge in [0.05, 0.1) is 0 Å². The molecule has 0 unspecified atom stereocenters. The molecule has 0 radical (unpaired) electrons. The number of rotatable bonds is 12. The van der Waals surface area contributed by atoms with Gasteiger partial charge in [0.25, 0.3) is 0 Å². The second-order valence-electron chi connectivity index (χ2n) is 5.68. The zero-order chi connectivity index (χ0) is 21.6. The van der Waals surface area contributed by atoms with E-state index in [2.05, 4.69) is 41.5 Å². The Kier molecular flexibility index (Phi) is 77.7. The summed E-state index contributed by atoms with van der Waals surface area (Å²) in [7, 11) is 0.878. The summed E-state index contributed by atoms with van der Waals surface area (Å²) in [6.07, 6.45) is 17.4. The molecule has 0 rings (SSSR count). The van der Waals surface area contributed by atoms with Crippen molar-refractivity contribution >= 4 is 36.2 Å². The van der Waals surface area contributed by atoms with E-state index in [1.54, 1.807) is 0 Å². The molecule has 0 bridgehead atoms. The number of hydrogen-bond acceptors (Lipinski definition) is 3. The van der Waals surface area contributed by atoms with E-state index in [4.69, 9.17) is 14.4 Å².